The van der Waals surface area contributed by atoms with Gasteiger partial charge in [0, 0.05) is 36.6 Å². The van der Waals surface area contributed by atoms with Gasteiger partial charge in [-0.15, -0.1) is 0 Å². The quantitative estimate of drug-likeness (QED) is 0.760. The number of urea groups is 1. The zero-order valence-electron chi connectivity index (χ0n) is 15.4. The van der Waals surface area contributed by atoms with Crippen molar-refractivity contribution in [1.29, 1.82) is 5.26 Å². The molecule has 0 spiro atoms. The van der Waals surface area contributed by atoms with Crippen LogP contribution in [-0.2, 0) is 0 Å². The first kappa shape index (κ1) is 19.4. The zero-order chi connectivity index (χ0) is 19.9. The first-order chi connectivity index (χ1) is 13.6. The SMILES string of the molecule is N#Cc1cccc(NC(=O)c2cccc(NC(=O)N3CCCC(CO)C3)c2)c1. The van der Waals surface area contributed by atoms with Crippen LogP contribution in [0, 0.1) is 17.2 Å². The van der Waals surface area contributed by atoms with Crippen LogP contribution in [0.1, 0.15) is 28.8 Å². The third-order valence-corrected chi connectivity index (χ3v) is 4.69. The number of nitrogens with zero attached hydrogens (tertiary/aromatic N) is 2. The summed E-state index contributed by atoms with van der Waals surface area (Å²) in [4.78, 5) is 26.6. The smallest absolute Gasteiger partial charge is 0.321 e. The number of hydrogen-bond acceptors (Lipinski definition) is 4. The minimum absolute atomic E-state index is 0.0758. The lowest BCUT2D eigenvalue weighted by Gasteiger charge is -2.31. The van der Waals surface area contributed by atoms with Crippen LogP contribution in [0.25, 0.3) is 0 Å². The molecule has 2 aromatic rings. The number of rotatable bonds is 4. The van der Waals surface area contributed by atoms with Crippen LogP contribution in [-0.4, -0.2) is 41.6 Å². The largest absolute Gasteiger partial charge is 0.396 e. The molecule has 1 aliphatic rings. The van der Waals surface area contributed by atoms with Gasteiger partial charge < -0.3 is 20.6 Å². The Morgan fingerprint density at radius 3 is 2.64 bits per heavy atom. The molecule has 1 fully saturated rings. The second kappa shape index (κ2) is 9.02. The minimum Gasteiger partial charge on any atom is -0.396 e. The molecule has 0 bridgehead atoms. The van der Waals surface area contributed by atoms with Crippen molar-refractivity contribution in [3.8, 4) is 6.07 Å². The first-order valence-electron chi connectivity index (χ1n) is 9.17. The van der Waals surface area contributed by atoms with Crippen molar-refractivity contribution in [2.75, 3.05) is 30.3 Å². The molecule has 0 aliphatic carbocycles. The van der Waals surface area contributed by atoms with Crippen molar-refractivity contribution in [2.24, 2.45) is 5.92 Å². The maximum Gasteiger partial charge on any atom is 0.321 e. The molecule has 28 heavy (non-hydrogen) atoms. The van der Waals surface area contributed by atoms with E-state index < -0.39 is 0 Å². The highest BCUT2D eigenvalue weighted by molar-refractivity contribution is 6.05. The van der Waals surface area contributed by atoms with E-state index in [4.69, 9.17) is 5.26 Å². The van der Waals surface area contributed by atoms with E-state index in [1.807, 2.05) is 6.07 Å². The Bertz CT molecular complexity index is 907. The predicted molar refractivity (Wildman–Crippen MR) is 106 cm³/mol. The van der Waals surface area contributed by atoms with Gasteiger partial charge in [0.25, 0.3) is 5.91 Å². The number of likely N-dealkylation sites (tertiary alicyclic amines) is 1. The normalized spacial score (nSPS) is 16.1. The molecule has 1 unspecified atom stereocenters. The number of carbonyl (C=O) groups excluding carboxylic acids is 2. The Kier molecular flexibility index (Phi) is 6.25. The molecular weight excluding hydrogens is 356 g/mol. The van der Waals surface area contributed by atoms with Crippen molar-refractivity contribution >= 4 is 23.3 Å². The fraction of sp³-hybridized carbons (Fsp3) is 0.286. The second-order valence-corrected chi connectivity index (χ2v) is 6.79. The lowest BCUT2D eigenvalue weighted by Crippen LogP contribution is -2.43. The van der Waals surface area contributed by atoms with E-state index in [2.05, 4.69) is 10.6 Å². The average Bonchev–Trinajstić information content (AvgIpc) is 2.74. The van der Waals surface area contributed by atoms with E-state index in [0.29, 0.717) is 35.6 Å². The van der Waals surface area contributed by atoms with Crippen LogP contribution in [0.5, 0.6) is 0 Å². The van der Waals surface area contributed by atoms with Gasteiger partial charge in [0.05, 0.1) is 11.6 Å². The number of anilines is 2. The molecule has 1 aliphatic heterocycles. The molecule has 1 atom stereocenters. The summed E-state index contributed by atoms with van der Waals surface area (Å²) in [5.41, 5.74) is 1.91. The average molecular weight is 378 g/mol. The molecular formula is C21H22N4O3. The highest BCUT2D eigenvalue weighted by Gasteiger charge is 2.23. The van der Waals surface area contributed by atoms with Crippen molar-refractivity contribution in [3.63, 3.8) is 0 Å². The van der Waals surface area contributed by atoms with Gasteiger partial charge in [-0.1, -0.05) is 12.1 Å². The topological polar surface area (TPSA) is 105 Å². The molecule has 3 rings (SSSR count). The van der Waals surface area contributed by atoms with Crippen molar-refractivity contribution in [2.45, 2.75) is 12.8 Å². The third-order valence-electron chi connectivity index (χ3n) is 4.69. The van der Waals surface area contributed by atoms with E-state index in [-0.39, 0.29) is 24.5 Å². The standard InChI is InChI=1S/C21H22N4O3/c22-12-15-4-1-7-18(10-15)23-20(27)17-6-2-8-19(11-17)24-21(28)25-9-3-5-16(13-25)14-26/h1-2,4,6-8,10-11,16,26H,3,5,9,13-14H2,(H,23,27)(H,24,28). The molecule has 2 aromatic carbocycles. The summed E-state index contributed by atoms with van der Waals surface area (Å²) in [5.74, 6) is -0.217. The van der Waals surface area contributed by atoms with Gasteiger partial charge >= 0.3 is 6.03 Å². The summed E-state index contributed by atoms with van der Waals surface area (Å²) in [6.45, 7) is 1.25. The van der Waals surface area contributed by atoms with Crippen LogP contribution in [0.3, 0.4) is 0 Å². The van der Waals surface area contributed by atoms with E-state index >= 15 is 0 Å². The predicted octanol–water partition coefficient (Wildman–Crippen LogP) is 3.05. The molecule has 7 nitrogen and oxygen atoms in total. The van der Waals surface area contributed by atoms with Gasteiger partial charge in [-0.3, -0.25) is 4.79 Å². The number of aliphatic hydroxyl groups is 1. The van der Waals surface area contributed by atoms with E-state index in [9.17, 15) is 14.7 Å². The number of carbonyl (C=O) groups is 2. The van der Waals surface area contributed by atoms with Crippen LogP contribution in [0.2, 0.25) is 0 Å². The van der Waals surface area contributed by atoms with E-state index in [1.165, 1.54) is 0 Å². The molecule has 7 heteroatoms. The summed E-state index contributed by atoms with van der Waals surface area (Å²) in [5, 5.41) is 23.8. The molecule has 1 heterocycles. The van der Waals surface area contributed by atoms with Crippen molar-refractivity contribution < 1.29 is 14.7 Å². The van der Waals surface area contributed by atoms with E-state index in [1.54, 1.807) is 53.4 Å². The zero-order valence-corrected chi connectivity index (χ0v) is 15.4. The van der Waals surface area contributed by atoms with E-state index in [0.717, 1.165) is 12.8 Å². The Morgan fingerprint density at radius 1 is 1.14 bits per heavy atom. The lowest BCUT2D eigenvalue weighted by molar-refractivity contribution is 0.102. The fourth-order valence-corrected chi connectivity index (χ4v) is 3.21. The first-order valence-corrected chi connectivity index (χ1v) is 9.17. The Morgan fingerprint density at radius 2 is 1.89 bits per heavy atom. The molecule has 3 amide bonds. The molecule has 144 valence electrons. The highest BCUT2D eigenvalue weighted by Crippen LogP contribution is 2.18. The Labute approximate surface area is 163 Å². The van der Waals surface area contributed by atoms with Crippen LogP contribution >= 0.6 is 0 Å². The summed E-state index contributed by atoms with van der Waals surface area (Å²) in [7, 11) is 0. The van der Waals surface area contributed by atoms with Crippen molar-refractivity contribution in [3.05, 3.63) is 59.7 Å². The minimum atomic E-state index is -0.329. The molecule has 0 aromatic heterocycles. The summed E-state index contributed by atoms with van der Waals surface area (Å²) in [6, 6.07) is 15.1. The van der Waals surface area contributed by atoms with Gasteiger partial charge in [0.2, 0.25) is 0 Å². The van der Waals surface area contributed by atoms with Gasteiger partial charge in [-0.05, 0) is 55.2 Å². The van der Waals surface area contributed by atoms with Crippen LogP contribution < -0.4 is 10.6 Å². The number of nitrogens with one attached hydrogen (secondary N) is 2. The third kappa shape index (κ3) is 4.87. The maximum absolute atomic E-state index is 12.5. The van der Waals surface area contributed by atoms with Gasteiger partial charge in [-0.2, -0.15) is 5.26 Å². The highest BCUT2D eigenvalue weighted by atomic mass is 16.3. The summed E-state index contributed by atoms with van der Waals surface area (Å²) in [6.07, 6.45) is 1.78. The molecule has 0 radical (unpaired) electrons. The number of nitriles is 1. The van der Waals surface area contributed by atoms with Gasteiger partial charge in [0.1, 0.15) is 0 Å². The molecule has 3 N–H and O–H groups in total. The van der Waals surface area contributed by atoms with Crippen LogP contribution in [0.15, 0.2) is 48.5 Å². The summed E-state index contributed by atoms with van der Waals surface area (Å²) >= 11 is 0. The number of amides is 3. The monoisotopic (exact) mass is 378 g/mol. The summed E-state index contributed by atoms with van der Waals surface area (Å²) < 4.78 is 0. The number of piperidine rings is 1. The number of hydrogen-bond donors (Lipinski definition) is 3. The maximum atomic E-state index is 12.5. The molecule has 1 saturated heterocycles. The second-order valence-electron chi connectivity index (χ2n) is 6.79. The molecule has 0 saturated carbocycles. The van der Waals surface area contributed by atoms with Gasteiger partial charge in [-0.25, -0.2) is 4.79 Å². The fourth-order valence-electron chi connectivity index (χ4n) is 3.21. The lowest BCUT2D eigenvalue weighted by atomic mass is 9.99. The van der Waals surface area contributed by atoms with Crippen LogP contribution in [0.4, 0.5) is 16.2 Å². The Balaban J connectivity index is 1.65. The number of benzene rings is 2. The Hall–Kier alpha value is -3.37. The number of aliphatic hydroxyl groups excluding tert-OH is 1. The van der Waals surface area contributed by atoms with Crippen molar-refractivity contribution in [1.82, 2.24) is 4.90 Å². The van der Waals surface area contributed by atoms with Gasteiger partial charge in [0.15, 0.2) is 0 Å².